The van der Waals surface area contributed by atoms with E-state index in [4.69, 9.17) is 0 Å². The van der Waals surface area contributed by atoms with Crippen molar-refractivity contribution < 1.29 is 0 Å². The summed E-state index contributed by atoms with van der Waals surface area (Å²) in [7, 11) is 3.89. The summed E-state index contributed by atoms with van der Waals surface area (Å²) in [4.78, 5) is 2.29. The van der Waals surface area contributed by atoms with Gasteiger partial charge in [-0.15, -0.1) is 23.8 Å². The van der Waals surface area contributed by atoms with Crippen LogP contribution in [0.15, 0.2) is 66.8 Å². The monoisotopic (exact) mass is 308 g/mol. The van der Waals surface area contributed by atoms with Gasteiger partial charge in [-0.25, -0.2) is 24.3 Å². The molecule has 2 aromatic carbocycles. The van der Waals surface area contributed by atoms with Crippen LogP contribution < -0.4 is 10.6 Å². The van der Waals surface area contributed by atoms with Gasteiger partial charge in [-0.2, -0.15) is 0 Å². The summed E-state index contributed by atoms with van der Waals surface area (Å²) in [5, 5.41) is 4.52. The lowest BCUT2D eigenvalue weighted by Crippen LogP contribution is -2.22. The molecule has 0 fully saturated rings. The standard InChI is InChI=1S/C20H23NP/c1-16(21(2)3)19-14-9-15-20(19)22(18-12-7-8-13-18)17-10-5-4-6-11-17/h4-10,12-16H,11H2,1-3H3/q-1/t16-/m0/s1. The molecule has 1 nitrogen and oxygen atoms in total. The molecule has 2 atom stereocenters. The van der Waals surface area contributed by atoms with Crippen molar-refractivity contribution in [3.05, 3.63) is 72.3 Å². The Morgan fingerprint density at radius 1 is 1.09 bits per heavy atom. The van der Waals surface area contributed by atoms with Crippen LogP contribution in [0.25, 0.3) is 0 Å². The number of nitrogens with zero attached hydrogens (tertiary/aromatic N) is 1. The van der Waals surface area contributed by atoms with E-state index in [0.29, 0.717) is 6.04 Å². The third kappa shape index (κ3) is 2.92. The molecule has 2 heteroatoms. The number of hydrogen-bond acceptors (Lipinski definition) is 1. The molecule has 0 N–H and O–H groups in total. The Balaban J connectivity index is 2.15. The van der Waals surface area contributed by atoms with Crippen LogP contribution in [0.1, 0.15) is 24.9 Å². The summed E-state index contributed by atoms with van der Waals surface area (Å²) in [6.07, 6.45) is 9.97. The summed E-state index contributed by atoms with van der Waals surface area (Å²) in [5.74, 6) is 0. The van der Waals surface area contributed by atoms with Crippen molar-refractivity contribution >= 4 is 23.4 Å². The highest BCUT2D eigenvalue weighted by Gasteiger charge is 2.20. The van der Waals surface area contributed by atoms with E-state index in [2.05, 4.69) is 92.7 Å². The van der Waals surface area contributed by atoms with Crippen LogP contribution in [-0.4, -0.2) is 24.3 Å². The highest BCUT2D eigenvalue weighted by Crippen LogP contribution is 2.32. The maximum absolute atomic E-state index is 2.33. The second kappa shape index (κ2) is 6.60. The Morgan fingerprint density at radius 3 is 2.50 bits per heavy atom. The topological polar surface area (TPSA) is 3.24 Å². The normalized spacial score (nSPS) is 18.0. The Kier molecular flexibility index (Phi) is 4.57. The van der Waals surface area contributed by atoms with Crippen LogP contribution in [0.5, 0.6) is 0 Å². The molecule has 0 amide bonds. The van der Waals surface area contributed by atoms with Crippen molar-refractivity contribution in [2.75, 3.05) is 14.1 Å². The summed E-state index contributed by atoms with van der Waals surface area (Å²) in [6.45, 7) is 2.29. The van der Waals surface area contributed by atoms with Crippen LogP contribution in [0, 0.1) is 0 Å². The van der Waals surface area contributed by atoms with Crippen LogP contribution in [0.2, 0.25) is 0 Å². The van der Waals surface area contributed by atoms with Crippen LogP contribution in [0.3, 0.4) is 0 Å². The molecule has 3 rings (SSSR count). The first-order chi connectivity index (χ1) is 10.7. The van der Waals surface area contributed by atoms with Crippen LogP contribution in [-0.2, 0) is 0 Å². The molecule has 0 saturated heterocycles. The second-order valence-electron chi connectivity index (χ2n) is 5.97. The fourth-order valence-electron chi connectivity index (χ4n) is 2.90. The number of rotatable bonds is 4. The molecule has 22 heavy (non-hydrogen) atoms. The van der Waals surface area contributed by atoms with Gasteiger partial charge in [0.1, 0.15) is 5.29 Å². The summed E-state index contributed by atoms with van der Waals surface area (Å²) in [6, 6.07) is 16.1. The average Bonchev–Trinajstić information content (AvgIpc) is 3.20. The molecule has 2 aromatic rings. The zero-order valence-electron chi connectivity index (χ0n) is 13.5. The van der Waals surface area contributed by atoms with E-state index in [1.54, 1.807) is 5.29 Å². The fourth-order valence-corrected chi connectivity index (χ4v) is 5.57. The molecule has 1 aliphatic carbocycles. The van der Waals surface area contributed by atoms with Gasteiger partial charge in [-0.05, 0) is 27.1 Å². The SMILES string of the molecule is C[C@@H](c1ccc[c-]1/[P+](=C1/C=CC=CC1)[c-]1cccc1)N(C)C. The van der Waals surface area contributed by atoms with Crippen molar-refractivity contribution in [1.29, 1.82) is 0 Å². The van der Waals surface area contributed by atoms with Gasteiger partial charge in [0.15, 0.2) is 0 Å². The molecule has 114 valence electrons. The maximum Gasteiger partial charge on any atom is 0.112 e. The molecule has 0 bridgehead atoms. The Hall–Kier alpha value is -1.69. The zero-order chi connectivity index (χ0) is 15.5. The van der Waals surface area contributed by atoms with Crippen LogP contribution in [0.4, 0.5) is 0 Å². The van der Waals surface area contributed by atoms with E-state index in [1.165, 1.54) is 16.2 Å². The third-order valence-corrected chi connectivity index (χ3v) is 6.95. The van der Waals surface area contributed by atoms with Gasteiger partial charge < -0.3 is 4.90 Å². The predicted octanol–water partition coefficient (Wildman–Crippen LogP) is 3.87. The van der Waals surface area contributed by atoms with Gasteiger partial charge in [-0.1, -0.05) is 18.2 Å². The molecule has 0 aromatic heterocycles. The zero-order valence-corrected chi connectivity index (χ0v) is 14.4. The minimum Gasteiger partial charge on any atom is -0.305 e. The molecule has 0 spiro atoms. The van der Waals surface area contributed by atoms with Gasteiger partial charge in [-0.3, -0.25) is 0 Å². The predicted molar refractivity (Wildman–Crippen MR) is 100 cm³/mol. The average molecular weight is 308 g/mol. The fraction of sp³-hybridized carbons (Fsp3) is 0.250. The lowest BCUT2D eigenvalue weighted by Gasteiger charge is -2.23. The maximum atomic E-state index is 2.33. The van der Waals surface area contributed by atoms with E-state index in [1.807, 2.05) is 0 Å². The minimum atomic E-state index is -0.421. The second-order valence-corrected chi connectivity index (χ2v) is 8.21. The first kappa shape index (κ1) is 15.2. The first-order valence-electron chi connectivity index (χ1n) is 7.81. The number of allylic oxidation sites excluding steroid dienone is 4. The van der Waals surface area contributed by atoms with Crippen molar-refractivity contribution in [1.82, 2.24) is 4.90 Å². The van der Waals surface area contributed by atoms with E-state index >= 15 is 0 Å². The summed E-state index contributed by atoms with van der Waals surface area (Å²) < 4.78 is 0. The van der Waals surface area contributed by atoms with E-state index in [-0.39, 0.29) is 0 Å². The lowest BCUT2D eigenvalue weighted by molar-refractivity contribution is 0.323. The van der Waals surface area contributed by atoms with E-state index < -0.39 is 7.55 Å². The minimum absolute atomic E-state index is 0.421. The highest BCUT2D eigenvalue weighted by molar-refractivity contribution is 7.74. The third-order valence-electron chi connectivity index (χ3n) is 4.34. The van der Waals surface area contributed by atoms with E-state index in [0.717, 1.165) is 6.42 Å². The van der Waals surface area contributed by atoms with Crippen molar-refractivity contribution in [3.63, 3.8) is 0 Å². The Morgan fingerprint density at radius 2 is 1.86 bits per heavy atom. The molecule has 1 unspecified atom stereocenters. The Labute approximate surface area is 134 Å². The van der Waals surface area contributed by atoms with Gasteiger partial charge in [0.25, 0.3) is 0 Å². The molecule has 0 heterocycles. The van der Waals surface area contributed by atoms with Crippen molar-refractivity contribution in [2.45, 2.75) is 19.4 Å². The van der Waals surface area contributed by atoms with Gasteiger partial charge in [0.05, 0.1) is 7.55 Å². The number of hydrogen-bond donors (Lipinski definition) is 0. The quantitative estimate of drug-likeness (QED) is 0.612. The van der Waals surface area contributed by atoms with E-state index in [9.17, 15) is 0 Å². The lowest BCUT2D eigenvalue weighted by atomic mass is 10.1. The molecular formula is C20H23NP-. The molecule has 0 aliphatic heterocycles. The Bertz CT molecular complexity index is 711. The van der Waals surface area contributed by atoms with Gasteiger partial charge >= 0.3 is 0 Å². The summed E-state index contributed by atoms with van der Waals surface area (Å²) >= 11 is 0. The highest BCUT2D eigenvalue weighted by atomic mass is 31.1. The van der Waals surface area contributed by atoms with Crippen molar-refractivity contribution in [2.24, 2.45) is 0 Å². The van der Waals surface area contributed by atoms with Gasteiger partial charge in [0.2, 0.25) is 0 Å². The first-order valence-corrected chi connectivity index (χ1v) is 9.15. The van der Waals surface area contributed by atoms with Crippen LogP contribution >= 0.6 is 7.55 Å². The van der Waals surface area contributed by atoms with Gasteiger partial charge in [0, 0.05) is 23.1 Å². The summed E-state index contributed by atoms with van der Waals surface area (Å²) in [5.41, 5.74) is 1.47. The molecule has 1 aliphatic rings. The smallest absolute Gasteiger partial charge is 0.112 e. The molecule has 0 radical (unpaired) electrons. The molecule has 0 saturated carbocycles. The largest absolute Gasteiger partial charge is 0.305 e. The molecular weight excluding hydrogens is 285 g/mol. The van der Waals surface area contributed by atoms with Crippen molar-refractivity contribution in [3.8, 4) is 0 Å².